The van der Waals surface area contributed by atoms with Crippen molar-refractivity contribution in [3.8, 4) is 0 Å². The molecule has 104 valence electrons. The summed E-state index contributed by atoms with van der Waals surface area (Å²) in [6.45, 7) is 1.22. The van der Waals surface area contributed by atoms with Gasteiger partial charge in [0, 0.05) is 18.2 Å². The average molecular weight is 273 g/mol. The Hall–Kier alpha value is -2.41. The second-order valence-corrected chi connectivity index (χ2v) is 4.77. The molecule has 0 saturated heterocycles. The molecule has 0 radical (unpaired) electrons. The van der Waals surface area contributed by atoms with Crippen LogP contribution in [-0.4, -0.2) is 28.3 Å². The van der Waals surface area contributed by atoms with Crippen molar-refractivity contribution in [3.05, 3.63) is 50.7 Å². The highest BCUT2D eigenvalue weighted by Crippen LogP contribution is 2.40. The van der Waals surface area contributed by atoms with Crippen LogP contribution in [-0.2, 0) is 0 Å². The summed E-state index contributed by atoms with van der Waals surface area (Å²) in [6.07, 6.45) is 0.842. The van der Waals surface area contributed by atoms with Gasteiger partial charge in [0.1, 0.15) is 0 Å². The lowest BCUT2D eigenvalue weighted by Gasteiger charge is -2.16. The number of nitrogens with one attached hydrogen (secondary N) is 2. The van der Waals surface area contributed by atoms with Gasteiger partial charge in [-0.25, -0.2) is 9.89 Å². The zero-order valence-corrected chi connectivity index (χ0v) is 10.8. The van der Waals surface area contributed by atoms with Crippen LogP contribution in [0.25, 0.3) is 0 Å². The second-order valence-electron chi connectivity index (χ2n) is 4.77. The number of nitrogens with two attached hydrogens (primary N) is 1. The summed E-state index contributed by atoms with van der Waals surface area (Å²) in [4.78, 5) is 27.0. The van der Waals surface area contributed by atoms with Gasteiger partial charge in [-0.3, -0.25) is 9.78 Å². The van der Waals surface area contributed by atoms with E-state index >= 15 is 0 Å². The Labute approximate surface area is 114 Å². The van der Waals surface area contributed by atoms with Crippen LogP contribution in [0.1, 0.15) is 17.9 Å². The number of aromatic nitrogens is 3. The van der Waals surface area contributed by atoms with E-state index < -0.39 is 11.2 Å². The molecule has 0 aliphatic carbocycles. The molecule has 2 heterocycles. The van der Waals surface area contributed by atoms with Crippen LogP contribution in [0.5, 0.6) is 0 Å². The number of H-pyrrole nitrogens is 2. The van der Waals surface area contributed by atoms with E-state index in [1.54, 1.807) is 0 Å². The highest BCUT2D eigenvalue weighted by molar-refractivity contribution is 5.68. The molecule has 0 fully saturated rings. The van der Waals surface area contributed by atoms with Gasteiger partial charge in [0.15, 0.2) is 0 Å². The first-order chi connectivity index (χ1) is 9.70. The van der Waals surface area contributed by atoms with Crippen LogP contribution < -0.4 is 21.9 Å². The molecular weight excluding hydrogens is 258 g/mol. The standard InChI is InChI=1S/C13H15N5O2/c14-6-5-8-7-18(10-4-2-1-3-9(8)10)11-12(19)15-13(20)17-16-11/h1-4,8H,5-7,14H2,(H2,15,17,19,20). The van der Waals surface area contributed by atoms with Gasteiger partial charge in [-0.1, -0.05) is 18.2 Å². The summed E-state index contributed by atoms with van der Waals surface area (Å²) < 4.78 is 0. The molecule has 20 heavy (non-hydrogen) atoms. The molecule has 0 amide bonds. The fourth-order valence-electron chi connectivity index (χ4n) is 2.67. The Morgan fingerprint density at radius 2 is 2.15 bits per heavy atom. The lowest BCUT2D eigenvalue weighted by molar-refractivity contribution is 0.663. The van der Waals surface area contributed by atoms with Gasteiger partial charge in [0.25, 0.3) is 5.56 Å². The van der Waals surface area contributed by atoms with E-state index in [-0.39, 0.29) is 11.7 Å². The maximum absolute atomic E-state index is 11.9. The van der Waals surface area contributed by atoms with Crippen molar-refractivity contribution in [2.24, 2.45) is 5.73 Å². The molecule has 0 saturated carbocycles. The Morgan fingerprint density at radius 1 is 1.35 bits per heavy atom. The summed E-state index contributed by atoms with van der Waals surface area (Å²) in [5.74, 6) is 0.473. The lowest BCUT2D eigenvalue weighted by Crippen LogP contribution is -2.31. The highest BCUT2D eigenvalue weighted by atomic mass is 16.2. The summed E-state index contributed by atoms with van der Waals surface area (Å²) in [5, 5.41) is 6.13. The minimum absolute atomic E-state index is 0.205. The monoisotopic (exact) mass is 273 g/mol. The molecule has 1 aromatic heterocycles. The molecule has 3 rings (SSSR count). The van der Waals surface area contributed by atoms with Gasteiger partial charge in [0.05, 0.1) is 0 Å². The van der Waals surface area contributed by atoms with Crippen molar-refractivity contribution in [1.29, 1.82) is 0 Å². The zero-order chi connectivity index (χ0) is 14.1. The highest BCUT2D eigenvalue weighted by Gasteiger charge is 2.30. The minimum Gasteiger partial charge on any atom is -0.330 e. The third kappa shape index (κ3) is 2.01. The second kappa shape index (κ2) is 4.93. The number of para-hydroxylation sites is 1. The third-order valence-corrected chi connectivity index (χ3v) is 3.53. The fraction of sp³-hybridized carbons (Fsp3) is 0.308. The Balaban J connectivity index is 2.08. The zero-order valence-electron chi connectivity index (χ0n) is 10.8. The number of hydrogen-bond acceptors (Lipinski definition) is 5. The summed E-state index contributed by atoms with van der Waals surface area (Å²) >= 11 is 0. The quantitative estimate of drug-likeness (QED) is 0.732. The molecular formula is C13H15N5O2. The number of nitrogens with zero attached hydrogens (tertiary/aromatic N) is 2. The number of fused-ring (bicyclic) bond motifs is 1. The van der Waals surface area contributed by atoms with Crippen LogP contribution in [0.2, 0.25) is 0 Å². The van der Waals surface area contributed by atoms with Gasteiger partial charge in [-0.05, 0) is 24.6 Å². The maximum atomic E-state index is 11.9. The summed E-state index contributed by atoms with van der Waals surface area (Å²) in [5.41, 5.74) is 6.65. The maximum Gasteiger partial charge on any atom is 0.342 e. The van der Waals surface area contributed by atoms with E-state index in [0.29, 0.717) is 13.1 Å². The van der Waals surface area contributed by atoms with E-state index in [0.717, 1.165) is 17.7 Å². The Kier molecular flexibility index (Phi) is 3.11. The molecule has 1 aliphatic rings. The first-order valence-electron chi connectivity index (χ1n) is 6.46. The Morgan fingerprint density at radius 3 is 2.90 bits per heavy atom. The molecule has 7 nitrogen and oxygen atoms in total. The smallest absolute Gasteiger partial charge is 0.330 e. The van der Waals surface area contributed by atoms with Crippen molar-refractivity contribution >= 4 is 11.5 Å². The molecule has 0 spiro atoms. The summed E-state index contributed by atoms with van der Waals surface area (Å²) in [7, 11) is 0. The van der Waals surface area contributed by atoms with E-state index in [9.17, 15) is 9.59 Å². The Bertz CT molecular complexity index is 736. The fourth-order valence-corrected chi connectivity index (χ4v) is 2.67. The number of hydrogen-bond donors (Lipinski definition) is 3. The van der Waals surface area contributed by atoms with Gasteiger partial charge in [0.2, 0.25) is 5.82 Å². The van der Waals surface area contributed by atoms with Gasteiger partial charge < -0.3 is 10.6 Å². The molecule has 1 unspecified atom stereocenters. The molecule has 1 aliphatic heterocycles. The topological polar surface area (TPSA) is 108 Å². The van der Waals surface area contributed by atoms with E-state index in [4.69, 9.17) is 5.73 Å². The summed E-state index contributed by atoms with van der Waals surface area (Å²) in [6, 6.07) is 7.86. The SMILES string of the molecule is NCCC1CN(c2n[nH]c(=O)[nH]c2=O)c2ccccc21. The number of aromatic amines is 2. The third-order valence-electron chi connectivity index (χ3n) is 3.53. The molecule has 0 bridgehead atoms. The van der Waals surface area contributed by atoms with Crippen LogP contribution in [0.4, 0.5) is 11.5 Å². The first kappa shape index (κ1) is 12.6. The van der Waals surface area contributed by atoms with Crippen LogP contribution in [0.3, 0.4) is 0 Å². The van der Waals surface area contributed by atoms with Crippen molar-refractivity contribution in [1.82, 2.24) is 15.2 Å². The number of rotatable bonds is 3. The van der Waals surface area contributed by atoms with E-state index in [2.05, 4.69) is 15.2 Å². The predicted molar refractivity (Wildman–Crippen MR) is 75.3 cm³/mol. The van der Waals surface area contributed by atoms with Gasteiger partial charge in [-0.2, -0.15) is 0 Å². The van der Waals surface area contributed by atoms with Crippen LogP contribution in [0.15, 0.2) is 33.9 Å². The van der Waals surface area contributed by atoms with Crippen molar-refractivity contribution in [2.75, 3.05) is 18.0 Å². The minimum atomic E-state index is -0.607. The van der Waals surface area contributed by atoms with Crippen LogP contribution >= 0.6 is 0 Å². The molecule has 7 heteroatoms. The first-order valence-corrected chi connectivity index (χ1v) is 6.46. The van der Waals surface area contributed by atoms with Crippen molar-refractivity contribution in [2.45, 2.75) is 12.3 Å². The van der Waals surface area contributed by atoms with E-state index in [1.807, 2.05) is 29.2 Å². The number of anilines is 2. The molecule has 4 N–H and O–H groups in total. The van der Waals surface area contributed by atoms with Crippen molar-refractivity contribution in [3.63, 3.8) is 0 Å². The van der Waals surface area contributed by atoms with Gasteiger partial charge in [-0.15, -0.1) is 5.10 Å². The van der Waals surface area contributed by atoms with Crippen LogP contribution in [0, 0.1) is 0 Å². The predicted octanol–water partition coefficient (Wildman–Crippen LogP) is 0.0423. The average Bonchev–Trinajstić information content (AvgIpc) is 2.79. The largest absolute Gasteiger partial charge is 0.342 e. The van der Waals surface area contributed by atoms with E-state index in [1.165, 1.54) is 0 Å². The normalized spacial score (nSPS) is 17.2. The van der Waals surface area contributed by atoms with Crippen molar-refractivity contribution < 1.29 is 0 Å². The van der Waals surface area contributed by atoms with Gasteiger partial charge >= 0.3 is 5.69 Å². The number of benzene rings is 1. The molecule has 1 atom stereocenters. The molecule has 2 aromatic rings. The molecule has 1 aromatic carbocycles. The lowest BCUT2D eigenvalue weighted by atomic mass is 9.98.